The molecule has 0 rings (SSSR count). The minimum atomic E-state index is 0.815. The van der Waals surface area contributed by atoms with Crippen LogP contribution in [-0.2, 0) is 0 Å². The zero-order chi connectivity index (χ0) is 10.1. The van der Waals surface area contributed by atoms with Crippen molar-refractivity contribution < 1.29 is 0 Å². The van der Waals surface area contributed by atoms with Gasteiger partial charge in [-0.2, -0.15) is 0 Å². The molecule has 0 aromatic heterocycles. The summed E-state index contributed by atoms with van der Waals surface area (Å²) in [4.78, 5) is 2.42. The van der Waals surface area contributed by atoms with Crippen LogP contribution in [0.4, 0.5) is 0 Å². The molecule has 0 saturated carbocycles. The van der Waals surface area contributed by atoms with Crippen LogP contribution in [-0.4, -0.2) is 30.9 Å². The van der Waals surface area contributed by atoms with Gasteiger partial charge in [0.05, 0.1) is 0 Å². The van der Waals surface area contributed by atoms with Gasteiger partial charge >= 0.3 is 0 Å². The lowest BCUT2D eigenvalue weighted by molar-refractivity contribution is 0.304. The standard InChI is InChI=1S/C11H24ClN/c1-11(2)7-10-13(3)9-6-4-5-8-12/h11H,4-10H2,1-3H3. The molecule has 0 aliphatic carbocycles. The predicted octanol–water partition coefficient (Wildman–Crippen LogP) is 3.37. The lowest BCUT2D eigenvalue weighted by atomic mass is 10.1. The van der Waals surface area contributed by atoms with E-state index in [-0.39, 0.29) is 0 Å². The Morgan fingerprint density at radius 3 is 2.31 bits per heavy atom. The maximum atomic E-state index is 5.61. The molecule has 0 bridgehead atoms. The second kappa shape index (κ2) is 8.83. The summed E-state index contributed by atoms with van der Waals surface area (Å²) in [6.45, 7) is 7.02. The topological polar surface area (TPSA) is 3.24 Å². The van der Waals surface area contributed by atoms with Crippen molar-refractivity contribution >= 4 is 11.6 Å². The molecule has 0 atom stereocenters. The van der Waals surface area contributed by atoms with Crippen LogP contribution in [0, 0.1) is 5.92 Å². The molecule has 0 N–H and O–H groups in total. The summed E-state index contributed by atoms with van der Waals surface area (Å²) in [5, 5.41) is 0. The van der Waals surface area contributed by atoms with Crippen LogP contribution in [0.2, 0.25) is 0 Å². The highest BCUT2D eigenvalue weighted by molar-refractivity contribution is 6.17. The van der Waals surface area contributed by atoms with Crippen LogP contribution in [0.1, 0.15) is 39.5 Å². The molecule has 0 aliphatic rings. The molecule has 0 heterocycles. The smallest absolute Gasteiger partial charge is 0.0223 e. The Morgan fingerprint density at radius 1 is 1.08 bits per heavy atom. The zero-order valence-corrected chi connectivity index (χ0v) is 10.1. The molecular formula is C11H24ClN. The third-order valence-corrected chi connectivity index (χ3v) is 2.53. The summed E-state index contributed by atoms with van der Waals surface area (Å²) in [5.74, 6) is 1.64. The third-order valence-electron chi connectivity index (χ3n) is 2.26. The Morgan fingerprint density at radius 2 is 1.77 bits per heavy atom. The first-order valence-electron chi connectivity index (χ1n) is 5.41. The number of hydrogen-bond donors (Lipinski definition) is 0. The van der Waals surface area contributed by atoms with Gasteiger partial charge in [-0.1, -0.05) is 20.3 Å². The van der Waals surface area contributed by atoms with Gasteiger partial charge < -0.3 is 4.90 Å². The average Bonchev–Trinajstić information content (AvgIpc) is 2.09. The van der Waals surface area contributed by atoms with Crippen molar-refractivity contribution in [3.05, 3.63) is 0 Å². The third kappa shape index (κ3) is 10.2. The van der Waals surface area contributed by atoms with E-state index < -0.39 is 0 Å². The first-order chi connectivity index (χ1) is 6.16. The summed E-state index contributed by atoms with van der Waals surface area (Å²) in [6, 6.07) is 0. The largest absolute Gasteiger partial charge is 0.306 e. The van der Waals surface area contributed by atoms with Gasteiger partial charge in [-0.3, -0.25) is 0 Å². The summed E-state index contributed by atoms with van der Waals surface area (Å²) in [6.07, 6.45) is 5.04. The Bertz CT molecular complexity index is 104. The van der Waals surface area contributed by atoms with E-state index in [0.717, 1.165) is 11.8 Å². The van der Waals surface area contributed by atoms with Gasteiger partial charge in [0.25, 0.3) is 0 Å². The molecule has 80 valence electrons. The Kier molecular flexibility index (Phi) is 9.00. The SMILES string of the molecule is CC(C)CCN(C)CCCCCCl. The van der Waals surface area contributed by atoms with Crippen molar-refractivity contribution in [2.75, 3.05) is 26.0 Å². The Hall–Kier alpha value is 0.250. The molecular weight excluding hydrogens is 182 g/mol. The van der Waals surface area contributed by atoms with Crippen molar-refractivity contribution in [3.8, 4) is 0 Å². The van der Waals surface area contributed by atoms with Crippen molar-refractivity contribution in [2.45, 2.75) is 39.5 Å². The fraction of sp³-hybridized carbons (Fsp3) is 1.00. The first kappa shape index (κ1) is 13.2. The van der Waals surface area contributed by atoms with Crippen LogP contribution < -0.4 is 0 Å². The minimum Gasteiger partial charge on any atom is -0.306 e. The summed E-state index contributed by atoms with van der Waals surface area (Å²) in [5.41, 5.74) is 0. The molecule has 0 aromatic carbocycles. The number of hydrogen-bond acceptors (Lipinski definition) is 1. The van der Waals surface area contributed by atoms with Crippen LogP contribution in [0.25, 0.3) is 0 Å². The number of halogens is 1. The Balaban J connectivity index is 3.15. The highest BCUT2D eigenvalue weighted by Gasteiger charge is 1.99. The monoisotopic (exact) mass is 205 g/mol. The van der Waals surface area contributed by atoms with Gasteiger partial charge in [-0.15, -0.1) is 11.6 Å². The van der Waals surface area contributed by atoms with E-state index >= 15 is 0 Å². The van der Waals surface area contributed by atoms with Crippen LogP contribution in [0.5, 0.6) is 0 Å². The minimum absolute atomic E-state index is 0.815. The van der Waals surface area contributed by atoms with E-state index in [0.29, 0.717) is 0 Å². The van der Waals surface area contributed by atoms with Gasteiger partial charge in [0.2, 0.25) is 0 Å². The van der Waals surface area contributed by atoms with Gasteiger partial charge in [0.15, 0.2) is 0 Å². The van der Waals surface area contributed by atoms with E-state index in [9.17, 15) is 0 Å². The number of alkyl halides is 1. The van der Waals surface area contributed by atoms with E-state index in [1.54, 1.807) is 0 Å². The molecule has 0 amide bonds. The van der Waals surface area contributed by atoms with Crippen molar-refractivity contribution in [3.63, 3.8) is 0 Å². The predicted molar refractivity (Wildman–Crippen MR) is 61.5 cm³/mol. The van der Waals surface area contributed by atoms with E-state index in [1.165, 1.54) is 38.8 Å². The molecule has 13 heavy (non-hydrogen) atoms. The highest BCUT2D eigenvalue weighted by Crippen LogP contribution is 2.03. The van der Waals surface area contributed by atoms with Crippen LogP contribution in [0.15, 0.2) is 0 Å². The molecule has 0 spiro atoms. The van der Waals surface area contributed by atoms with E-state index in [1.807, 2.05) is 0 Å². The highest BCUT2D eigenvalue weighted by atomic mass is 35.5. The molecule has 2 heteroatoms. The summed E-state index contributed by atoms with van der Waals surface area (Å²) < 4.78 is 0. The maximum Gasteiger partial charge on any atom is 0.0223 e. The van der Waals surface area contributed by atoms with Gasteiger partial charge in [-0.25, -0.2) is 0 Å². The van der Waals surface area contributed by atoms with Crippen molar-refractivity contribution in [2.24, 2.45) is 5.92 Å². The fourth-order valence-corrected chi connectivity index (χ4v) is 1.43. The normalized spacial score (nSPS) is 11.5. The van der Waals surface area contributed by atoms with Gasteiger partial charge in [-0.05, 0) is 45.3 Å². The lowest BCUT2D eigenvalue weighted by Crippen LogP contribution is -2.22. The maximum absolute atomic E-state index is 5.61. The van der Waals surface area contributed by atoms with Crippen molar-refractivity contribution in [1.29, 1.82) is 0 Å². The number of nitrogens with zero attached hydrogens (tertiary/aromatic N) is 1. The summed E-state index contributed by atoms with van der Waals surface area (Å²) in [7, 11) is 2.21. The zero-order valence-electron chi connectivity index (χ0n) is 9.35. The van der Waals surface area contributed by atoms with Gasteiger partial charge in [0.1, 0.15) is 0 Å². The molecule has 0 radical (unpaired) electrons. The van der Waals surface area contributed by atoms with E-state index in [2.05, 4.69) is 25.8 Å². The Labute approximate surface area is 88.5 Å². The molecule has 0 fully saturated rings. The second-order valence-corrected chi connectivity index (χ2v) is 4.61. The van der Waals surface area contributed by atoms with Gasteiger partial charge in [0, 0.05) is 5.88 Å². The molecule has 0 saturated heterocycles. The fourth-order valence-electron chi connectivity index (χ4n) is 1.24. The average molecular weight is 206 g/mol. The summed E-state index contributed by atoms with van der Waals surface area (Å²) >= 11 is 5.61. The van der Waals surface area contributed by atoms with Crippen LogP contribution in [0.3, 0.4) is 0 Å². The number of unbranched alkanes of at least 4 members (excludes halogenated alkanes) is 2. The number of rotatable bonds is 8. The lowest BCUT2D eigenvalue weighted by Gasteiger charge is -2.17. The first-order valence-corrected chi connectivity index (χ1v) is 5.94. The van der Waals surface area contributed by atoms with Crippen molar-refractivity contribution in [1.82, 2.24) is 4.90 Å². The van der Waals surface area contributed by atoms with Crippen LogP contribution >= 0.6 is 11.6 Å². The second-order valence-electron chi connectivity index (χ2n) is 4.24. The molecule has 0 aliphatic heterocycles. The molecule has 1 nitrogen and oxygen atoms in total. The molecule has 0 unspecified atom stereocenters. The molecule has 0 aromatic rings. The van der Waals surface area contributed by atoms with E-state index in [4.69, 9.17) is 11.6 Å². The quantitative estimate of drug-likeness (QED) is 0.434.